The number of ether oxygens (including phenoxy) is 1. The lowest BCUT2D eigenvalue weighted by Gasteiger charge is -2.10. The smallest absolute Gasteiger partial charge is 0.153 e. The third-order valence-electron chi connectivity index (χ3n) is 3.69. The summed E-state index contributed by atoms with van der Waals surface area (Å²) in [6.45, 7) is 0.472. The average Bonchev–Trinajstić information content (AvgIpc) is 2.62. The van der Waals surface area contributed by atoms with E-state index in [9.17, 15) is 15.0 Å². The lowest BCUT2D eigenvalue weighted by atomic mass is 10.0. The van der Waals surface area contributed by atoms with Crippen LogP contribution in [0.2, 0.25) is 0 Å². The zero-order chi connectivity index (χ0) is 16.9. The fourth-order valence-corrected chi connectivity index (χ4v) is 2.39. The molecule has 0 aliphatic heterocycles. The van der Waals surface area contributed by atoms with Gasteiger partial charge in [-0.2, -0.15) is 0 Å². The van der Waals surface area contributed by atoms with E-state index in [4.69, 9.17) is 4.74 Å². The molecule has 4 nitrogen and oxygen atoms in total. The van der Waals surface area contributed by atoms with Crippen LogP contribution in [0.4, 0.5) is 0 Å². The summed E-state index contributed by atoms with van der Waals surface area (Å²) in [7, 11) is 0. The monoisotopic (exact) mass is 320 g/mol. The van der Waals surface area contributed by atoms with E-state index in [0.717, 1.165) is 11.1 Å². The first-order valence-electron chi connectivity index (χ1n) is 7.45. The summed E-state index contributed by atoms with van der Waals surface area (Å²) >= 11 is 0. The highest BCUT2D eigenvalue weighted by Gasteiger charge is 2.10. The Morgan fingerprint density at radius 2 is 1.58 bits per heavy atom. The van der Waals surface area contributed by atoms with Gasteiger partial charge in [-0.05, 0) is 29.3 Å². The van der Waals surface area contributed by atoms with Crippen LogP contribution in [0.3, 0.4) is 0 Å². The van der Waals surface area contributed by atoms with E-state index in [1.54, 1.807) is 24.3 Å². The number of carbonyl (C=O) groups excluding carboxylic acids is 1. The molecule has 0 spiro atoms. The second-order valence-corrected chi connectivity index (χ2v) is 5.34. The number of rotatable bonds is 5. The Labute approximate surface area is 139 Å². The Morgan fingerprint density at radius 3 is 2.25 bits per heavy atom. The maximum Gasteiger partial charge on any atom is 0.153 e. The number of phenolic OH excluding ortho intramolecular Hbond substituents is 2. The molecule has 0 aliphatic carbocycles. The molecule has 3 aromatic rings. The molecule has 0 atom stereocenters. The largest absolute Gasteiger partial charge is 0.507 e. The lowest BCUT2D eigenvalue weighted by Crippen LogP contribution is -1.94. The van der Waals surface area contributed by atoms with Crippen LogP contribution in [0.25, 0.3) is 11.1 Å². The van der Waals surface area contributed by atoms with Crippen molar-refractivity contribution in [2.24, 2.45) is 0 Å². The second kappa shape index (κ2) is 6.87. The normalized spacial score (nSPS) is 10.3. The SMILES string of the molecule is O=Cc1cc(-c2ccc(OCc3ccccc3)cc2)c(O)cc1O. The van der Waals surface area contributed by atoms with Crippen LogP contribution in [0.1, 0.15) is 15.9 Å². The van der Waals surface area contributed by atoms with Crippen LogP contribution in [0.15, 0.2) is 66.7 Å². The quantitative estimate of drug-likeness (QED) is 0.693. The minimum atomic E-state index is -0.242. The summed E-state index contributed by atoms with van der Waals surface area (Å²) in [6.07, 6.45) is 0.551. The Bertz CT molecular complexity index is 840. The Kier molecular flexibility index (Phi) is 4.47. The van der Waals surface area contributed by atoms with Gasteiger partial charge in [-0.15, -0.1) is 0 Å². The summed E-state index contributed by atoms with van der Waals surface area (Å²) in [5.41, 5.74) is 2.41. The number of aromatic hydroxyl groups is 2. The van der Waals surface area contributed by atoms with Crippen LogP contribution in [-0.2, 0) is 6.61 Å². The van der Waals surface area contributed by atoms with Gasteiger partial charge in [0.05, 0.1) is 5.56 Å². The van der Waals surface area contributed by atoms with Crippen molar-refractivity contribution in [3.8, 4) is 28.4 Å². The molecule has 120 valence electrons. The number of benzene rings is 3. The minimum Gasteiger partial charge on any atom is -0.507 e. The summed E-state index contributed by atoms with van der Waals surface area (Å²) in [5.74, 6) is 0.376. The zero-order valence-electron chi connectivity index (χ0n) is 12.8. The Morgan fingerprint density at radius 1 is 0.875 bits per heavy atom. The number of hydrogen-bond donors (Lipinski definition) is 2. The van der Waals surface area contributed by atoms with Crippen molar-refractivity contribution in [3.63, 3.8) is 0 Å². The zero-order valence-corrected chi connectivity index (χ0v) is 12.8. The molecule has 0 amide bonds. The predicted molar refractivity (Wildman–Crippen MR) is 91.4 cm³/mol. The first kappa shape index (κ1) is 15.6. The highest BCUT2D eigenvalue weighted by molar-refractivity contribution is 5.85. The van der Waals surface area contributed by atoms with Gasteiger partial charge in [-0.1, -0.05) is 42.5 Å². The molecular formula is C20H16O4. The molecule has 0 radical (unpaired) electrons. The highest BCUT2D eigenvalue weighted by atomic mass is 16.5. The van der Waals surface area contributed by atoms with Crippen molar-refractivity contribution in [1.29, 1.82) is 0 Å². The van der Waals surface area contributed by atoms with Gasteiger partial charge in [0.15, 0.2) is 6.29 Å². The molecule has 24 heavy (non-hydrogen) atoms. The average molecular weight is 320 g/mol. The van der Waals surface area contributed by atoms with E-state index in [1.165, 1.54) is 12.1 Å². The Balaban J connectivity index is 1.78. The van der Waals surface area contributed by atoms with E-state index in [-0.39, 0.29) is 17.1 Å². The van der Waals surface area contributed by atoms with Gasteiger partial charge in [-0.3, -0.25) is 4.79 Å². The standard InChI is InChI=1S/C20H16O4/c21-12-16-10-18(20(23)11-19(16)22)15-6-8-17(9-7-15)24-13-14-4-2-1-3-5-14/h1-12,22-23H,13H2. The molecule has 3 aromatic carbocycles. The molecule has 0 unspecified atom stereocenters. The summed E-state index contributed by atoms with van der Waals surface area (Å²) in [4.78, 5) is 10.9. The fourth-order valence-electron chi connectivity index (χ4n) is 2.39. The number of phenols is 2. The molecule has 0 bridgehead atoms. The second-order valence-electron chi connectivity index (χ2n) is 5.34. The van der Waals surface area contributed by atoms with Gasteiger partial charge >= 0.3 is 0 Å². The van der Waals surface area contributed by atoms with Crippen LogP contribution >= 0.6 is 0 Å². The number of hydrogen-bond acceptors (Lipinski definition) is 4. The molecule has 0 fully saturated rings. The maximum atomic E-state index is 10.9. The third-order valence-corrected chi connectivity index (χ3v) is 3.69. The van der Waals surface area contributed by atoms with Gasteiger partial charge in [0.25, 0.3) is 0 Å². The Hall–Kier alpha value is -3.27. The summed E-state index contributed by atoms with van der Waals surface area (Å²) < 4.78 is 5.72. The van der Waals surface area contributed by atoms with Crippen LogP contribution in [-0.4, -0.2) is 16.5 Å². The van der Waals surface area contributed by atoms with Crippen LogP contribution in [0.5, 0.6) is 17.2 Å². The topological polar surface area (TPSA) is 66.8 Å². The van der Waals surface area contributed by atoms with Gasteiger partial charge in [-0.25, -0.2) is 0 Å². The fraction of sp³-hybridized carbons (Fsp3) is 0.0500. The van der Waals surface area contributed by atoms with Crippen molar-refractivity contribution in [3.05, 3.63) is 77.9 Å². The van der Waals surface area contributed by atoms with Crippen molar-refractivity contribution in [2.45, 2.75) is 6.61 Å². The molecule has 4 heteroatoms. The van der Waals surface area contributed by atoms with Crippen molar-refractivity contribution < 1.29 is 19.7 Å². The molecule has 0 aliphatic rings. The van der Waals surface area contributed by atoms with E-state index in [1.807, 2.05) is 30.3 Å². The van der Waals surface area contributed by atoms with Crippen molar-refractivity contribution in [2.75, 3.05) is 0 Å². The summed E-state index contributed by atoms with van der Waals surface area (Å²) in [5, 5.41) is 19.6. The first-order valence-corrected chi connectivity index (χ1v) is 7.45. The molecule has 0 aromatic heterocycles. The number of carbonyl (C=O) groups is 1. The lowest BCUT2D eigenvalue weighted by molar-refractivity contribution is 0.112. The van der Waals surface area contributed by atoms with Crippen molar-refractivity contribution in [1.82, 2.24) is 0 Å². The van der Waals surface area contributed by atoms with Gasteiger partial charge < -0.3 is 14.9 Å². The van der Waals surface area contributed by atoms with E-state index in [0.29, 0.717) is 24.2 Å². The molecular weight excluding hydrogens is 304 g/mol. The van der Waals surface area contributed by atoms with E-state index >= 15 is 0 Å². The summed E-state index contributed by atoms with van der Waals surface area (Å²) in [6, 6.07) is 19.7. The first-order chi connectivity index (χ1) is 11.7. The molecule has 2 N–H and O–H groups in total. The molecule has 0 saturated heterocycles. The van der Waals surface area contributed by atoms with Gasteiger partial charge in [0, 0.05) is 11.6 Å². The molecule has 0 heterocycles. The maximum absolute atomic E-state index is 10.9. The van der Waals surface area contributed by atoms with E-state index in [2.05, 4.69) is 0 Å². The number of aldehydes is 1. The highest BCUT2D eigenvalue weighted by Crippen LogP contribution is 2.35. The predicted octanol–water partition coefficient (Wildman–Crippen LogP) is 4.16. The molecule has 3 rings (SSSR count). The van der Waals surface area contributed by atoms with Crippen LogP contribution < -0.4 is 4.74 Å². The van der Waals surface area contributed by atoms with Crippen LogP contribution in [0, 0.1) is 0 Å². The van der Waals surface area contributed by atoms with Gasteiger partial charge in [0.1, 0.15) is 23.9 Å². The molecule has 0 saturated carbocycles. The minimum absolute atomic E-state index is 0.0870. The third kappa shape index (κ3) is 3.38. The van der Waals surface area contributed by atoms with Gasteiger partial charge in [0.2, 0.25) is 0 Å². The van der Waals surface area contributed by atoms with Crippen molar-refractivity contribution >= 4 is 6.29 Å². The van der Waals surface area contributed by atoms with E-state index < -0.39 is 0 Å².